The van der Waals surface area contributed by atoms with Crippen molar-refractivity contribution in [2.75, 3.05) is 12.4 Å². The quantitative estimate of drug-likeness (QED) is 0.396. The van der Waals surface area contributed by atoms with Gasteiger partial charge in [-0.3, -0.25) is 9.59 Å². The number of ether oxygens (including phenoxy) is 1. The van der Waals surface area contributed by atoms with E-state index in [1.165, 1.54) is 49.4 Å². The van der Waals surface area contributed by atoms with Crippen LogP contribution in [0, 0.1) is 0 Å². The van der Waals surface area contributed by atoms with Crippen LogP contribution < -0.4 is 5.73 Å². The Morgan fingerprint density at radius 3 is 2.34 bits per heavy atom. The largest absolute Gasteiger partial charge is 0.454 e. The topological polar surface area (TPSA) is 86.5 Å². The van der Waals surface area contributed by atoms with Gasteiger partial charge >= 0.3 is 5.97 Å². The van der Waals surface area contributed by atoms with Gasteiger partial charge in [-0.15, -0.1) is 11.8 Å². The first-order valence-electron chi connectivity index (χ1n) is 9.85. The maximum Gasteiger partial charge on any atom is 0.339 e. The summed E-state index contributed by atoms with van der Waals surface area (Å²) in [5, 5.41) is 0. The minimum Gasteiger partial charge on any atom is -0.454 e. The lowest BCUT2D eigenvalue weighted by molar-refractivity contribution is -0.115. The fourth-order valence-corrected chi connectivity index (χ4v) is 4.36. The van der Waals surface area contributed by atoms with Crippen molar-refractivity contribution in [3.8, 4) is 0 Å². The maximum atomic E-state index is 12.4. The van der Waals surface area contributed by atoms with E-state index in [0.717, 1.165) is 0 Å². The van der Waals surface area contributed by atoms with Crippen molar-refractivity contribution in [2.24, 2.45) is 5.73 Å². The normalized spacial score (nSPS) is 14.3. The molecule has 0 bridgehead atoms. The highest BCUT2D eigenvalue weighted by molar-refractivity contribution is 8.00. The Morgan fingerprint density at radius 1 is 0.966 bits per heavy atom. The number of hydrogen-bond donors (Lipinski definition) is 1. The molecule has 0 aliphatic heterocycles. The number of Topliss-reactive ketones (excluding diaryl/α,β-unsaturated/α-hetero) is 1. The second-order valence-corrected chi connectivity index (χ2v) is 8.22. The molecule has 1 aliphatic rings. The zero-order valence-electron chi connectivity index (χ0n) is 16.3. The van der Waals surface area contributed by atoms with Crippen LogP contribution in [0.15, 0.2) is 53.4 Å². The molecule has 29 heavy (non-hydrogen) atoms. The third-order valence-electron chi connectivity index (χ3n) is 5.12. The number of carbonyl (C=O) groups is 3. The van der Waals surface area contributed by atoms with E-state index < -0.39 is 11.9 Å². The second-order valence-electron chi connectivity index (χ2n) is 7.21. The Morgan fingerprint density at radius 2 is 1.66 bits per heavy atom. The molecule has 2 N–H and O–H groups in total. The second kappa shape index (κ2) is 10.3. The Balaban J connectivity index is 1.57. The summed E-state index contributed by atoms with van der Waals surface area (Å²) in [5.74, 6) is -0.651. The van der Waals surface area contributed by atoms with Gasteiger partial charge in [0.15, 0.2) is 12.4 Å². The number of nitrogens with two attached hydrogens (primary N) is 1. The molecule has 0 spiro atoms. The molecule has 6 heteroatoms. The number of rotatable bonds is 8. The zero-order valence-corrected chi connectivity index (χ0v) is 17.1. The Bertz CT molecular complexity index is 873. The van der Waals surface area contributed by atoms with Gasteiger partial charge in [0.1, 0.15) is 0 Å². The first kappa shape index (κ1) is 21.1. The standard InChI is InChI=1S/C23H25NO4S/c24-22(26)15-29-21-9-5-4-8-19(21)23(27)28-14-20(25)18-12-10-17(11-13-18)16-6-2-1-3-7-16/h4-5,8-13,16H,1-3,6-7,14-15H2,(H2,24,26). The molecule has 0 unspecified atom stereocenters. The Labute approximate surface area is 175 Å². The van der Waals surface area contributed by atoms with Gasteiger partial charge < -0.3 is 10.5 Å². The number of esters is 1. The lowest BCUT2D eigenvalue weighted by Gasteiger charge is -2.22. The summed E-state index contributed by atoms with van der Waals surface area (Å²) in [5.41, 5.74) is 7.30. The first-order chi connectivity index (χ1) is 14.0. The van der Waals surface area contributed by atoms with Crippen LogP contribution in [-0.2, 0) is 9.53 Å². The molecule has 1 saturated carbocycles. The maximum absolute atomic E-state index is 12.4. The fraction of sp³-hybridized carbons (Fsp3) is 0.348. The molecular weight excluding hydrogens is 386 g/mol. The summed E-state index contributed by atoms with van der Waals surface area (Å²) in [7, 11) is 0. The molecule has 0 atom stereocenters. The third-order valence-corrected chi connectivity index (χ3v) is 6.22. The zero-order chi connectivity index (χ0) is 20.6. The van der Waals surface area contributed by atoms with Gasteiger partial charge in [0.25, 0.3) is 0 Å². The van der Waals surface area contributed by atoms with Crippen molar-refractivity contribution in [2.45, 2.75) is 42.9 Å². The highest BCUT2D eigenvalue weighted by Crippen LogP contribution is 2.32. The van der Waals surface area contributed by atoms with Crippen LogP contribution in [0.5, 0.6) is 0 Å². The molecule has 0 radical (unpaired) electrons. The summed E-state index contributed by atoms with van der Waals surface area (Å²) < 4.78 is 5.22. The van der Waals surface area contributed by atoms with Gasteiger partial charge in [-0.25, -0.2) is 4.79 Å². The van der Waals surface area contributed by atoms with E-state index in [1.54, 1.807) is 24.3 Å². The van der Waals surface area contributed by atoms with Crippen molar-refractivity contribution in [3.63, 3.8) is 0 Å². The molecule has 0 saturated heterocycles. The molecule has 0 heterocycles. The van der Waals surface area contributed by atoms with E-state index >= 15 is 0 Å². The van der Waals surface area contributed by atoms with E-state index in [1.807, 2.05) is 24.3 Å². The van der Waals surface area contributed by atoms with Crippen molar-refractivity contribution in [3.05, 3.63) is 65.2 Å². The molecule has 1 fully saturated rings. The average Bonchev–Trinajstić information content (AvgIpc) is 2.76. The monoisotopic (exact) mass is 411 g/mol. The van der Waals surface area contributed by atoms with Crippen molar-refractivity contribution in [1.82, 2.24) is 0 Å². The van der Waals surface area contributed by atoms with Crippen LogP contribution in [0.3, 0.4) is 0 Å². The Kier molecular flexibility index (Phi) is 7.47. The first-order valence-corrected chi connectivity index (χ1v) is 10.8. The lowest BCUT2D eigenvalue weighted by atomic mass is 9.84. The summed E-state index contributed by atoms with van der Waals surface area (Å²) in [6.45, 7) is -0.323. The van der Waals surface area contributed by atoms with E-state index in [4.69, 9.17) is 10.5 Å². The number of carbonyl (C=O) groups excluding carboxylic acids is 3. The van der Waals surface area contributed by atoms with Crippen molar-refractivity contribution < 1.29 is 19.1 Å². The number of thioether (sulfide) groups is 1. The average molecular weight is 412 g/mol. The number of hydrogen-bond acceptors (Lipinski definition) is 5. The predicted molar refractivity (Wildman–Crippen MR) is 113 cm³/mol. The van der Waals surface area contributed by atoms with Crippen LogP contribution in [0.1, 0.15) is 64.3 Å². The highest BCUT2D eigenvalue weighted by Gasteiger charge is 2.18. The minimum absolute atomic E-state index is 0.0660. The number of ketones is 1. The van der Waals surface area contributed by atoms with E-state index in [2.05, 4.69) is 0 Å². The van der Waals surface area contributed by atoms with Crippen molar-refractivity contribution >= 4 is 29.4 Å². The third kappa shape index (κ3) is 5.94. The number of primary amides is 1. The smallest absolute Gasteiger partial charge is 0.339 e. The van der Waals surface area contributed by atoms with Crippen LogP contribution in [0.2, 0.25) is 0 Å². The predicted octanol–water partition coefficient (Wildman–Crippen LogP) is 4.35. The minimum atomic E-state index is -0.593. The summed E-state index contributed by atoms with van der Waals surface area (Å²) in [6.07, 6.45) is 6.25. The van der Waals surface area contributed by atoms with E-state index in [9.17, 15) is 14.4 Å². The fourth-order valence-electron chi connectivity index (χ4n) is 3.58. The van der Waals surface area contributed by atoms with Gasteiger partial charge in [-0.2, -0.15) is 0 Å². The van der Waals surface area contributed by atoms with Gasteiger partial charge in [0.2, 0.25) is 5.91 Å². The van der Waals surface area contributed by atoms with Crippen LogP contribution in [0.4, 0.5) is 0 Å². The van der Waals surface area contributed by atoms with Crippen molar-refractivity contribution in [1.29, 1.82) is 0 Å². The highest BCUT2D eigenvalue weighted by atomic mass is 32.2. The van der Waals surface area contributed by atoms with Gasteiger partial charge in [0, 0.05) is 10.5 Å². The summed E-state index contributed by atoms with van der Waals surface area (Å²) in [6, 6.07) is 14.5. The molecule has 152 valence electrons. The number of benzene rings is 2. The van der Waals surface area contributed by atoms with Crippen LogP contribution in [0.25, 0.3) is 0 Å². The molecule has 0 aromatic heterocycles. The van der Waals surface area contributed by atoms with Crippen LogP contribution in [-0.4, -0.2) is 30.0 Å². The molecule has 5 nitrogen and oxygen atoms in total. The molecule has 1 aliphatic carbocycles. The van der Waals surface area contributed by atoms with Gasteiger partial charge in [0.05, 0.1) is 11.3 Å². The van der Waals surface area contributed by atoms with E-state index in [0.29, 0.717) is 21.9 Å². The molecule has 2 aromatic rings. The van der Waals surface area contributed by atoms with Gasteiger partial charge in [-0.05, 0) is 36.5 Å². The summed E-state index contributed by atoms with van der Waals surface area (Å²) >= 11 is 1.17. The molecule has 1 amide bonds. The molecule has 3 rings (SSSR count). The molecule has 2 aromatic carbocycles. The lowest BCUT2D eigenvalue weighted by Crippen LogP contribution is -2.16. The number of amides is 1. The van der Waals surface area contributed by atoms with Crippen LogP contribution >= 0.6 is 11.8 Å². The van der Waals surface area contributed by atoms with Gasteiger partial charge in [-0.1, -0.05) is 55.7 Å². The Hall–Kier alpha value is -2.60. The summed E-state index contributed by atoms with van der Waals surface area (Å²) in [4.78, 5) is 36.4. The molecular formula is C23H25NO4S. The van der Waals surface area contributed by atoms with E-state index in [-0.39, 0.29) is 18.1 Å². The SMILES string of the molecule is NC(=O)CSc1ccccc1C(=O)OCC(=O)c1ccc(C2CCCCC2)cc1.